The van der Waals surface area contributed by atoms with Crippen molar-refractivity contribution in [3.8, 4) is 0 Å². The highest BCUT2D eigenvalue weighted by molar-refractivity contribution is 7.89. The number of benzene rings is 1. The lowest BCUT2D eigenvalue weighted by molar-refractivity contribution is 0.574. The van der Waals surface area contributed by atoms with Crippen LogP contribution in [0.1, 0.15) is 36.0 Å². The molecule has 0 bridgehead atoms. The van der Waals surface area contributed by atoms with Crippen LogP contribution in [-0.4, -0.2) is 15.0 Å². The maximum Gasteiger partial charge on any atom is 0.241 e. The first-order chi connectivity index (χ1) is 8.83. The second kappa shape index (κ2) is 5.13. The van der Waals surface area contributed by atoms with Crippen LogP contribution in [0, 0.1) is 26.7 Å². The first kappa shape index (κ1) is 14.3. The van der Waals surface area contributed by atoms with Crippen LogP contribution in [0.3, 0.4) is 0 Å². The number of anilines is 1. The largest absolute Gasteiger partial charge is 0.398 e. The molecule has 19 heavy (non-hydrogen) atoms. The van der Waals surface area contributed by atoms with Gasteiger partial charge in [0, 0.05) is 12.2 Å². The van der Waals surface area contributed by atoms with Crippen molar-refractivity contribution in [2.75, 3.05) is 12.3 Å². The lowest BCUT2D eigenvalue weighted by atomic mass is 10.1. The minimum absolute atomic E-state index is 0.339. The molecule has 0 spiro atoms. The minimum atomic E-state index is -3.46. The lowest BCUT2D eigenvalue weighted by Gasteiger charge is -2.15. The van der Waals surface area contributed by atoms with E-state index in [1.54, 1.807) is 6.92 Å². The summed E-state index contributed by atoms with van der Waals surface area (Å²) in [4.78, 5) is 0.339. The summed E-state index contributed by atoms with van der Waals surface area (Å²) in [5, 5.41) is 0. The van der Waals surface area contributed by atoms with Crippen LogP contribution in [0.4, 0.5) is 5.69 Å². The van der Waals surface area contributed by atoms with E-state index in [0.717, 1.165) is 17.5 Å². The maximum absolute atomic E-state index is 12.4. The molecule has 106 valence electrons. The molecular formula is C14H22N2O2S. The molecule has 4 nitrogen and oxygen atoms in total. The first-order valence-corrected chi connectivity index (χ1v) is 8.17. The zero-order chi connectivity index (χ0) is 14.2. The fraction of sp³-hybridized carbons (Fsp3) is 0.571. The van der Waals surface area contributed by atoms with Crippen molar-refractivity contribution in [1.29, 1.82) is 0 Å². The highest BCUT2D eigenvalue weighted by atomic mass is 32.2. The number of hydrogen-bond acceptors (Lipinski definition) is 3. The van der Waals surface area contributed by atoms with E-state index in [-0.39, 0.29) is 0 Å². The summed E-state index contributed by atoms with van der Waals surface area (Å²) >= 11 is 0. The van der Waals surface area contributed by atoms with E-state index in [1.807, 2.05) is 19.9 Å². The Labute approximate surface area is 115 Å². The third kappa shape index (κ3) is 3.09. The van der Waals surface area contributed by atoms with E-state index >= 15 is 0 Å². The molecule has 2 rings (SSSR count). The average Bonchev–Trinajstić information content (AvgIpc) is 3.09. The minimum Gasteiger partial charge on any atom is -0.398 e. The number of nitrogens with one attached hydrogen (secondary N) is 1. The quantitative estimate of drug-likeness (QED) is 0.814. The van der Waals surface area contributed by atoms with Crippen molar-refractivity contribution in [3.63, 3.8) is 0 Å². The number of hydrogen-bond donors (Lipinski definition) is 2. The van der Waals surface area contributed by atoms with Gasteiger partial charge in [0.2, 0.25) is 10.0 Å². The number of nitrogens with two attached hydrogens (primary N) is 1. The SMILES string of the molecule is Cc1cc(C)c(S(=O)(=O)NCCC2CC2)c(C)c1N. The third-order valence-electron chi connectivity index (χ3n) is 3.77. The van der Waals surface area contributed by atoms with Gasteiger partial charge in [-0.05, 0) is 49.8 Å². The van der Waals surface area contributed by atoms with Gasteiger partial charge < -0.3 is 5.73 Å². The van der Waals surface area contributed by atoms with Gasteiger partial charge in [-0.25, -0.2) is 13.1 Å². The molecule has 0 atom stereocenters. The van der Waals surface area contributed by atoms with Gasteiger partial charge in [0.25, 0.3) is 0 Å². The van der Waals surface area contributed by atoms with Gasteiger partial charge in [-0.2, -0.15) is 0 Å². The van der Waals surface area contributed by atoms with Gasteiger partial charge >= 0.3 is 0 Å². The third-order valence-corrected chi connectivity index (χ3v) is 5.52. The lowest BCUT2D eigenvalue weighted by Crippen LogP contribution is -2.27. The zero-order valence-electron chi connectivity index (χ0n) is 11.8. The van der Waals surface area contributed by atoms with Crippen LogP contribution in [0.5, 0.6) is 0 Å². The molecule has 0 unspecified atom stereocenters. The van der Waals surface area contributed by atoms with Gasteiger partial charge in [0.05, 0.1) is 4.90 Å². The molecule has 5 heteroatoms. The second-order valence-electron chi connectivity index (χ2n) is 5.51. The van der Waals surface area contributed by atoms with Crippen molar-refractivity contribution in [1.82, 2.24) is 4.72 Å². The summed E-state index contributed by atoms with van der Waals surface area (Å²) in [5.41, 5.74) is 8.83. The molecule has 0 heterocycles. The molecule has 1 aliphatic carbocycles. The molecule has 3 N–H and O–H groups in total. The number of rotatable bonds is 5. The van der Waals surface area contributed by atoms with E-state index < -0.39 is 10.0 Å². The van der Waals surface area contributed by atoms with Crippen LogP contribution < -0.4 is 10.5 Å². The standard InChI is InChI=1S/C14H22N2O2S/c1-9-8-10(2)14(11(3)13(9)15)19(17,18)16-7-6-12-4-5-12/h8,12,16H,4-7,15H2,1-3H3. The first-order valence-electron chi connectivity index (χ1n) is 6.69. The Bertz CT molecular complexity index is 590. The Kier molecular flexibility index (Phi) is 3.87. The van der Waals surface area contributed by atoms with Gasteiger partial charge in [0.1, 0.15) is 0 Å². The summed E-state index contributed by atoms with van der Waals surface area (Å²) in [7, 11) is -3.46. The van der Waals surface area contributed by atoms with E-state index in [0.29, 0.717) is 28.6 Å². The Morgan fingerprint density at radius 3 is 2.47 bits per heavy atom. The molecule has 1 aromatic rings. The summed E-state index contributed by atoms with van der Waals surface area (Å²) in [6.45, 7) is 5.99. The number of nitrogen functional groups attached to an aromatic ring is 1. The predicted molar refractivity (Wildman–Crippen MR) is 77.6 cm³/mol. The smallest absolute Gasteiger partial charge is 0.241 e. The van der Waals surface area contributed by atoms with Crippen LogP contribution in [-0.2, 0) is 10.0 Å². The van der Waals surface area contributed by atoms with Crippen molar-refractivity contribution >= 4 is 15.7 Å². The number of sulfonamides is 1. The molecule has 1 fully saturated rings. The molecular weight excluding hydrogens is 260 g/mol. The highest BCUT2D eigenvalue weighted by Crippen LogP contribution is 2.32. The second-order valence-corrected chi connectivity index (χ2v) is 7.21. The Balaban J connectivity index is 2.25. The molecule has 0 saturated heterocycles. The van der Waals surface area contributed by atoms with Crippen molar-refractivity contribution in [3.05, 3.63) is 22.8 Å². The molecule has 1 saturated carbocycles. The molecule has 1 aromatic carbocycles. The fourth-order valence-electron chi connectivity index (χ4n) is 2.47. The maximum atomic E-state index is 12.4. The Morgan fingerprint density at radius 1 is 1.26 bits per heavy atom. The van der Waals surface area contributed by atoms with E-state index in [1.165, 1.54) is 12.8 Å². The monoisotopic (exact) mass is 282 g/mol. The average molecular weight is 282 g/mol. The van der Waals surface area contributed by atoms with Crippen LogP contribution in [0.2, 0.25) is 0 Å². The zero-order valence-corrected chi connectivity index (χ0v) is 12.6. The molecule has 1 aliphatic rings. The Morgan fingerprint density at radius 2 is 1.89 bits per heavy atom. The van der Waals surface area contributed by atoms with E-state index in [9.17, 15) is 8.42 Å². The van der Waals surface area contributed by atoms with Crippen molar-refractivity contribution in [2.45, 2.75) is 44.9 Å². The van der Waals surface area contributed by atoms with Gasteiger partial charge in [0.15, 0.2) is 0 Å². The normalized spacial score (nSPS) is 15.7. The van der Waals surface area contributed by atoms with Gasteiger partial charge in [-0.15, -0.1) is 0 Å². The fourth-order valence-corrected chi connectivity index (χ4v) is 4.00. The van der Waals surface area contributed by atoms with Crippen LogP contribution in [0.15, 0.2) is 11.0 Å². The summed E-state index contributed by atoms with van der Waals surface area (Å²) in [6, 6.07) is 1.83. The van der Waals surface area contributed by atoms with Crippen LogP contribution in [0.25, 0.3) is 0 Å². The van der Waals surface area contributed by atoms with E-state index in [4.69, 9.17) is 5.73 Å². The van der Waals surface area contributed by atoms with Gasteiger partial charge in [-0.3, -0.25) is 0 Å². The predicted octanol–water partition coefficient (Wildman–Crippen LogP) is 2.27. The molecule has 0 aromatic heterocycles. The molecule has 0 radical (unpaired) electrons. The van der Waals surface area contributed by atoms with Crippen molar-refractivity contribution < 1.29 is 8.42 Å². The highest BCUT2D eigenvalue weighted by Gasteiger charge is 2.24. The summed E-state index contributed by atoms with van der Waals surface area (Å²) < 4.78 is 27.4. The Hall–Kier alpha value is -1.07. The van der Waals surface area contributed by atoms with E-state index in [2.05, 4.69) is 4.72 Å². The molecule has 0 amide bonds. The van der Waals surface area contributed by atoms with Gasteiger partial charge in [-0.1, -0.05) is 18.9 Å². The summed E-state index contributed by atoms with van der Waals surface area (Å²) in [5.74, 6) is 0.716. The van der Waals surface area contributed by atoms with Crippen LogP contribution >= 0.6 is 0 Å². The number of aryl methyl sites for hydroxylation is 2. The topological polar surface area (TPSA) is 72.2 Å². The molecule has 0 aliphatic heterocycles. The van der Waals surface area contributed by atoms with Crippen molar-refractivity contribution in [2.24, 2.45) is 5.92 Å². The summed E-state index contributed by atoms with van der Waals surface area (Å²) in [6.07, 6.45) is 3.40.